The number of nitrogens with zero attached hydrogens (tertiary/aromatic N) is 2. The van der Waals surface area contributed by atoms with E-state index in [1.54, 1.807) is 11.8 Å². The van der Waals surface area contributed by atoms with Gasteiger partial charge in [-0.25, -0.2) is 0 Å². The van der Waals surface area contributed by atoms with Gasteiger partial charge >= 0.3 is 0 Å². The fourth-order valence-electron chi connectivity index (χ4n) is 2.46. The molecule has 0 bridgehead atoms. The summed E-state index contributed by atoms with van der Waals surface area (Å²) in [6.45, 7) is 2.84. The van der Waals surface area contributed by atoms with Gasteiger partial charge < -0.3 is 9.80 Å². The van der Waals surface area contributed by atoms with Crippen molar-refractivity contribution in [3.63, 3.8) is 0 Å². The fourth-order valence-corrected chi connectivity index (χ4v) is 3.60. The van der Waals surface area contributed by atoms with Crippen LogP contribution in [0.1, 0.15) is 11.1 Å². The molecule has 21 heavy (non-hydrogen) atoms. The number of benzene rings is 1. The summed E-state index contributed by atoms with van der Waals surface area (Å²) in [5, 5.41) is 0. The van der Waals surface area contributed by atoms with Crippen molar-refractivity contribution < 1.29 is 4.90 Å². The van der Waals surface area contributed by atoms with Crippen LogP contribution in [-0.4, -0.2) is 26.7 Å². The molecule has 2 aromatic rings. The fraction of sp³-hybridized carbons (Fsp3) is 0.250. The first-order valence-electron chi connectivity index (χ1n) is 6.99. The second-order valence-corrected chi connectivity index (χ2v) is 6.79. The lowest BCUT2D eigenvalue weighted by atomic mass is 10.2. The van der Waals surface area contributed by atoms with E-state index < -0.39 is 0 Å². The predicted molar refractivity (Wildman–Crippen MR) is 90.8 cm³/mol. The minimum absolute atomic E-state index is 0.892. The van der Waals surface area contributed by atoms with Crippen LogP contribution in [0.15, 0.2) is 54.9 Å². The number of nitrogens with one attached hydrogen (secondary N) is 1. The highest BCUT2D eigenvalue weighted by molar-refractivity contribution is 8.22. The van der Waals surface area contributed by atoms with Crippen LogP contribution in [-0.2, 0) is 13.1 Å². The minimum atomic E-state index is 0.892. The second-order valence-electron chi connectivity index (χ2n) is 5.18. The molecule has 1 unspecified atom stereocenters. The average Bonchev–Trinajstić information content (AvgIpc) is 2.53. The van der Waals surface area contributed by atoms with Crippen molar-refractivity contribution in [3.05, 3.63) is 66.0 Å². The molecule has 1 aliphatic rings. The van der Waals surface area contributed by atoms with Crippen LogP contribution in [0, 0.1) is 0 Å². The van der Waals surface area contributed by atoms with Gasteiger partial charge in [-0.05, 0) is 23.4 Å². The van der Waals surface area contributed by atoms with Gasteiger partial charge in [0.1, 0.15) is 16.7 Å². The van der Waals surface area contributed by atoms with Crippen molar-refractivity contribution in [2.24, 2.45) is 0 Å². The zero-order valence-corrected chi connectivity index (χ0v) is 13.4. The Labute approximate surface area is 135 Å². The van der Waals surface area contributed by atoms with Crippen LogP contribution >= 0.6 is 24.0 Å². The molecule has 0 saturated carbocycles. The number of quaternary nitrogens is 1. The van der Waals surface area contributed by atoms with Crippen molar-refractivity contribution in [2.45, 2.75) is 13.1 Å². The number of rotatable bonds is 4. The first kappa shape index (κ1) is 14.5. The Morgan fingerprint density at radius 2 is 1.95 bits per heavy atom. The third-order valence-corrected chi connectivity index (χ3v) is 5.14. The van der Waals surface area contributed by atoms with Crippen LogP contribution < -0.4 is 4.90 Å². The Bertz CT molecular complexity index is 589. The van der Waals surface area contributed by atoms with Gasteiger partial charge in [0.25, 0.3) is 0 Å². The van der Waals surface area contributed by atoms with Crippen LogP contribution in [0.25, 0.3) is 0 Å². The van der Waals surface area contributed by atoms with Gasteiger partial charge in [0, 0.05) is 24.5 Å². The van der Waals surface area contributed by atoms with E-state index in [-0.39, 0.29) is 0 Å². The van der Waals surface area contributed by atoms with Crippen molar-refractivity contribution >= 4 is 28.3 Å². The molecule has 3 nitrogen and oxygen atoms in total. The Kier molecular flexibility index (Phi) is 4.85. The summed E-state index contributed by atoms with van der Waals surface area (Å²) in [5.41, 5.74) is 2.59. The van der Waals surface area contributed by atoms with Crippen molar-refractivity contribution in [1.82, 2.24) is 9.88 Å². The summed E-state index contributed by atoms with van der Waals surface area (Å²) >= 11 is 7.28. The molecule has 0 radical (unpaired) electrons. The van der Waals surface area contributed by atoms with E-state index in [0.29, 0.717) is 0 Å². The highest BCUT2D eigenvalue weighted by atomic mass is 32.2. The molecule has 1 atom stereocenters. The molecule has 0 spiro atoms. The lowest BCUT2D eigenvalue weighted by Gasteiger charge is -2.33. The van der Waals surface area contributed by atoms with E-state index in [9.17, 15) is 0 Å². The largest absolute Gasteiger partial charge is 0.306 e. The van der Waals surface area contributed by atoms with Crippen LogP contribution in [0.5, 0.6) is 0 Å². The van der Waals surface area contributed by atoms with E-state index in [1.165, 1.54) is 16.0 Å². The predicted octanol–water partition coefficient (Wildman–Crippen LogP) is 1.92. The smallest absolute Gasteiger partial charge is 0.155 e. The first-order chi connectivity index (χ1) is 10.3. The normalized spacial score (nSPS) is 18.8. The van der Waals surface area contributed by atoms with E-state index in [2.05, 4.69) is 40.2 Å². The van der Waals surface area contributed by atoms with Gasteiger partial charge in [-0.2, -0.15) is 0 Å². The lowest BCUT2D eigenvalue weighted by molar-refractivity contribution is -0.911. The summed E-state index contributed by atoms with van der Waals surface area (Å²) in [6, 6.07) is 14.7. The molecule has 1 aromatic carbocycles. The lowest BCUT2D eigenvalue weighted by Crippen LogP contribution is -3.13. The maximum Gasteiger partial charge on any atom is 0.155 e. The third kappa shape index (κ3) is 4.03. The van der Waals surface area contributed by atoms with Crippen LogP contribution in [0.2, 0.25) is 0 Å². The molecule has 108 valence electrons. The van der Waals surface area contributed by atoms with E-state index in [0.717, 1.165) is 30.0 Å². The average molecular weight is 316 g/mol. The molecular weight excluding hydrogens is 298 g/mol. The molecule has 1 aromatic heterocycles. The number of aromatic nitrogens is 1. The SMILES string of the molecule is S=C1SC[NH+](Cc2cccnc2)CN1Cc1ccccc1. The standard InChI is InChI=1S/C16H17N3S2/c20-16-19(11-14-5-2-1-3-6-14)12-18(13-21-16)10-15-7-4-8-17-9-15/h1-9H,10-13H2/p+1. The number of thiocarbonyl (C=S) groups is 1. The number of thioether (sulfide) groups is 1. The van der Waals surface area contributed by atoms with Gasteiger partial charge in [-0.15, -0.1) is 0 Å². The molecule has 1 aliphatic heterocycles. The van der Waals surface area contributed by atoms with Gasteiger partial charge in [-0.3, -0.25) is 4.98 Å². The molecular formula is C16H18N3S2+. The maximum absolute atomic E-state index is 5.51. The van der Waals surface area contributed by atoms with Crippen LogP contribution in [0.4, 0.5) is 0 Å². The van der Waals surface area contributed by atoms with Gasteiger partial charge in [0.15, 0.2) is 6.67 Å². The quantitative estimate of drug-likeness (QED) is 0.869. The molecule has 1 N–H and O–H groups in total. The van der Waals surface area contributed by atoms with Crippen molar-refractivity contribution in [1.29, 1.82) is 0 Å². The highest BCUT2D eigenvalue weighted by Gasteiger charge is 2.24. The maximum atomic E-state index is 5.51. The summed E-state index contributed by atoms with van der Waals surface area (Å²) in [6.07, 6.45) is 3.77. The topological polar surface area (TPSA) is 20.6 Å². The summed E-state index contributed by atoms with van der Waals surface area (Å²) in [4.78, 5) is 8.00. The molecule has 1 fully saturated rings. The molecule has 0 aliphatic carbocycles. The summed E-state index contributed by atoms with van der Waals surface area (Å²) in [7, 11) is 0. The van der Waals surface area contributed by atoms with Gasteiger partial charge in [-0.1, -0.05) is 48.6 Å². The van der Waals surface area contributed by atoms with Crippen molar-refractivity contribution in [2.75, 3.05) is 12.5 Å². The molecule has 1 saturated heterocycles. The van der Waals surface area contributed by atoms with Crippen LogP contribution in [0.3, 0.4) is 0 Å². The number of pyridine rings is 1. The van der Waals surface area contributed by atoms with E-state index in [1.807, 2.05) is 24.5 Å². The molecule has 0 amide bonds. The van der Waals surface area contributed by atoms with Gasteiger partial charge in [0.2, 0.25) is 0 Å². The third-order valence-electron chi connectivity index (χ3n) is 3.47. The second kappa shape index (κ2) is 7.02. The zero-order chi connectivity index (χ0) is 14.5. The van der Waals surface area contributed by atoms with E-state index >= 15 is 0 Å². The van der Waals surface area contributed by atoms with E-state index in [4.69, 9.17) is 12.2 Å². The highest BCUT2D eigenvalue weighted by Crippen LogP contribution is 2.14. The first-order valence-corrected chi connectivity index (χ1v) is 8.39. The number of hydrogen-bond donors (Lipinski definition) is 1. The Morgan fingerprint density at radius 3 is 2.71 bits per heavy atom. The Hall–Kier alpha value is -1.43. The Balaban J connectivity index is 1.63. The number of hydrogen-bond acceptors (Lipinski definition) is 3. The summed E-state index contributed by atoms with van der Waals surface area (Å²) in [5.74, 6) is 1.03. The summed E-state index contributed by atoms with van der Waals surface area (Å²) < 4.78 is 1.01. The Morgan fingerprint density at radius 1 is 1.14 bits per heavy atom. The molecule has 5 heteroatoms. The molecule has 2 heterocycles. The monoisotopic (exact) mass is 316 g/mol. The van der Waals surface area contributed by atoms with Gasteiger partial charge in [0.05, 0.1) is 0 Å². The minimum Gasteiger partial charge on any atom is -0.306 e. The van der Waals surface area contributed by atoms with Crippen molar-refractivity contribution in [3.8, 4) is 0 Å². The zero-order valence-electron chi connectivity index (χ0n) is 11.7. The molecule has 3 rings (SSSR count).